The van der Waals surface area contributed by atoms with Crippen LogP contribution in [0.25, 0.3) is 10.9 Å². The Morgan fingerprint density at radius 3 is 2.58 bits per heavy atom. The minimum absolute atomic E-state index is 0. The fourth-order valence-corrected chi connectivity index (χ4v) is 4.77. The number of carbonyl (C=O) groups excluding carboxylic acids is 1. The van der Waals surface area contributed by atoms with Crippen LogP contribution in [0, 0.1) is 11.7 Å². The highest BCUT2D eigenvalue weighted by atomic mass is 35.5. The number of H-pyrrole nitrogens is 1. The molecule has 1 aliphatic rings. The highest BCUT2D eigenvalue weighted by Crippen LogP contribution is 2.38. The van der Waals surface area contributed by atoms with Gasteiger partial charge in [0.2, 0.25) is 0 Å². The Balaban J connectivity index is 0.00000259. The number of fused-ring (bicyclic) bond motifs is 3. The van der Waals surface area contributed by atoms with Gasteiger partial charge in [-0.3, -0.25) is 4.79 Å². The number of nitrogens with one attached hydrogen (secondary N) is 2. The first kappa shape index (κ1) is 23.0. The third-order valence-corrected chi connectivity index (χ3v) is 6.44. The van der Waals surface area contributed by atoms with Crippen molar-refractivity contribution in [1.29, 1.82) is 0 Å². The number of aromatic nitrogens is 1. The van der Waals surface area contributed by atoms with E-state index in [2.05, 4.69) is 34.6 Å². The number of carbonyl (C=O) groups is 1. The molecule has 6 heteroatoms. The lowest BCUT2D eigenvalue weighted by molar-refractivity contribution is 0.102. The van der Waals surface area contributed by atoms with Gasteiger partial charge in [0.25, 0.3) is 5.91 Å². The lowest BCUT2D eigenvalue weighted by Crippen LogP contribution is -2.24. The molecule has 1 amide bonds. The standard InChI is InChI=1S/C27H26FN3O.ClH/c28-20-10-8-19(9-11-20)27(32)30-21-12-13-25-22(16-21)23-14-18(15-24(29)26(23)31-25)7-6-17-4-2-1-3-5-17;/h1-5,8-13,16,18,24,31H,6-7,14-15,29H2,(H,30,32);1H. The van der Waals surface area contributed by atoms with Crippen molar-refractivity contribution in [3.8, 4) is 0 Å². The Bertz CT molecular complexity index is 1250. The van der Waals surface area contributed by atoms with Crippen molar-refractivity contribution in [2.24, 2.45) is 11.7 Å². The topological polar surface area (TPSA) is 70.9 Å². The summed E-state index contributed by atoms with van der Waals surface area (Å²) in [7, 11) is 0. The number of rotatable bonds is 5. The second-order valence-electron chi connectivity index (χ2n) is 8.68. The van der Waals surface area contributed by atoms with E-state index in [4.69, 9.17) is 5.73 Å². The molecule has 0 bridgehead atoms. The van der Waals surface area contributed by atoms with Gasteiger partial charge >= 0.3 is 0 Å². The number of hydrogen-bond acceptors (Lipinski definition) is 2. The largest absolute Gasteiger partial charge is 0.357 e. The Morgan fingerprint density at radius 1 is 1.06 bits per heavy atom. The zero-order valence-corrected chi connectivity index (χ0v) is 19.0. The van der Waals surface area contributed by atoms with E-state index >= 15 is 0 Å². The Labute approximate surface area is 198 Å². The third kappa shape index (κ3) is 4.95. The van der Waals surface area contributed by atoms with Gasteiger partial charge in [0, 0.05) is 33.9 Å². The average molecular weight is 464 g/mol. The molecule has 3 aromatic carbocycles. The predicted octanol–water partition coefficient (Wildman–Crippen LogP) is 6.18. The maximum atomic E-state index is 13.1. The Hall–Kier alpha value is -3.15. The smallest absolute Gasteiger partial charge is 0.255 e. The highest BCUT2D eigenvalue weighted by Gasteiger charge is 2.28. The summed E-state index contributed by atoms with van der Waals surface area (Å²) in [5.74, 6) is -0.0968. The molecule has 0 saturated heterocycles. The maximum absolute atomic E-state index is 13.1. The molecule has 5 rings (SSSR count). The van der Waals surface area contributed by atoms with E-state index in [1.54, 1.807) is 0 Å². The molecule has 1 heterocycles. The monoisotopic (exact) mass is 463 g/mol. The fourth-order valence-electron chi connectivity index (χ4n) is 4.77. The molecular weight excluding hydrogens is 437 g/mol. The lowest BCUT2D eigenvalue weighted by atomic mass is 9.81. The second-order valence-corrected chi connectivity index (χ2v) is 8.68. The quantitative estimate of drug-likeness (QED) is 0.331. The molecule has 0 radical (unpaired) electrons. The van der Waals surface area contributed by atoms with Crippen LogP contribution in [-0.2, 0) is 12.8 Å². The van der Waals surface area contributed by atoms with Crippen molar-refractivity contribution in [1.82, 2.24) is 4.98 Å². The Kier molecular flexibility index (Phi) is 6.82. The van der Waals surface area contributed by atoms with Crippen molar-refractivity contribution in [3.05, 3.63) is 101 Å². The summed E-state index contributed by atoms with van der Waals surface area (Å²) in [5, 5.41) is 4.04. The van der Waals surface area contributed by atoms with Gasteiger partial charge < -0.3 is 16.0 Å². The van der Waals surface area contributed by atoms with E-state index in [0.29, 0.717) is 17.2 Å². The summed E-state index contributed by atoms with van der Waals surface area (Å²) in [6.45, 7) is 0. The van der Waals surface area contributed by atoms with E-state index < -0.39 is 0 Å². The summed E-state index contributed by atoms with van der Waals surface area (Å²) < 4.78 is 13.1. The van der Waals surface area contributed by atoms with Crippen molar-refractivity contribution < 1.29 is 9.18 Å². The molecule has 1 aliphatic carbocycles. The molecule has 0 saturated carbocycles. The van der Waals surface area contributed by atoms with E-state index in [0.717, 1.165) is 42.3 Å². The number of halogens is 2. The number of benzene rings is 3. The average Bonchev–Trinajstić information content (AvgIpc) is 3.17. The summed E-state index contributed by atoms with van der Waals surface area (Å²) in [6, 6.07) is 22.0. The van der Waals surface area contributed by atoms with E-state index in [9.17, 15) is 9.18 Å². The molecule has 0 spiro atoms. The molecule has 1 aromatic heterocycles. The van der Waals surface area contributed by atoms with Gasteiger partial charge in [-0.2, -0.15) is 0 Å². The molecular formula is C27H27ClFN3O. The molecule has 2 atom stereocenters. The molecule has 33 heavy (non-hydrogen) atoms. The Morgan fingerprint density at radius 2 is 1.82 bits per heavy atom. The molecule has 4 nitrogen and oxygen atoms in total. The normalized spacial score (nSPS) is 17.3. The first-order chi connectivity index (χ1) is 15.6. The zero-order chi connectivity index (χ0) is 22.1. The molecule has 4 aromatic rings. The van der Waals surface area contributed by atoms with Crippen molar-refractivity contribution in [3.63, 3.8) is 0 Å². The number of amides is 1. The van der Waals surface area contributed by atoms with Crippen LogP contribution in [0.1, 0.15) is 46.1 Å². The molecule has 2 unspecified atom stereocenters. The minimum Gasteiger partial charge on any atom is -0.357 e. The van der Waals surface area contributed by atoms with Gasteiger partial charge in [0.15, 0.2) is 0 Å². The highest BCUT2D eigenvalue weighted by molar-refractivity contribution is 6.05. The zero-order valence-electron chi connectivity index (χ0n) is 18.2. The summed E-state index contributed by atoms with van der Waals surface area (Å²) in [5.41, 5.74) is 12.4. The number of anilines is 1. The first-order valence-corrected chi connectivity index (χ1v) is 11.1. The van der Waals surface area contributed by atoms with E-state index in [-0.39, 0.29) is 30.2 Å². The van der Waals surface area contributed by atoms with Crippen LogP contribution < -0.4 is 11.1 Å². The van der Waals surface area contributed by atoms with E-state index in [1.165, 1.54) is 35.4 Å². The van der Waals surface area contributed by atoms with Crippen LogP contribution in [0.5, 0.6) is 0 Å². The molecule has 0 aliphatic heterocycles. The lowest BCUT2D eigenvalue weighted by Gasteiger charge is -2.27. The van der Waals surface area contributed by atoms with Gasteiger partial charge in [0.1, 0.15) is 5.82 Å². The van der Waals surface area contributed by atoms with Crippen LogP contribution in [0.15, 0.2) is 72.8 Å². The molecule has 0 fully saturated rings. The van der Waals surface area contributed by atoms with Crippen LogP contribution in [0.4, 0.5) is 10.1 Å². The SMILES string of the molecule is Cl.NC1CC(CCc2ccccc2)Cc2c1[nH]c1ccc(NC(=O)c3ccc(F)cc3)cc21. The number of hydrogen-bond donors (Lipinski definition) is 3. The van der Waals surface area contributed by atoms with Crippen molar-refractivity contribution in [2.45, 2.75) is 31.7 Å². The van der Waals surface area contributed by atoms with Crippen LogP contribution in [-0.4, -0.2) is 10.9 Å². The van der Waals surface area contributed by atoms with Crippen LogP contribution in [0.2, 0.25) is 0 Å². The molecule has 4 N–H and O–H groups in total. The van der Waals surface area contributed by atoms with E-state index in [1.807, 2.05) is 24.3 Å². The maximum Gasteiger partial charge on any atom is 0.255 e. The number of aromatic amines is 1. The summed E-state index contributed by atoms with van der Waals surface area (Å²) >= 11 is 0. The van der Waals surface area contributed by atoms with Gasteiger partial charge in [-0.05, 0) is 85.2 Å². The number of aryl methyl sites for hydroxylation is 1. The summed E-state index contributed by atoms with van der Waals surface area (Å²) in [4.78, 5) is 16.1. The van der Waals surface area contributed by atoms with Crippen LogP contribution in [0.3, 0.4) is 0 Å². The molecule has 170 valence electrons. The predicted molar refractivity (Wildman–Crippen MR) is 133 cm³/mol. The van der Waals surface area contributed by atoms with Crippen molar-refractivity contribution >= 4 is 34.9 Å². The minimum atomic E-state index is -0.361. The summed E-state index contributed by atoms with van der Waals surface area (Å²) in [6.07, 6.45) is 4.10. The first-order valence-electron chi connectivity index (χ1n) is 11.1. The van der Waals surface area contributed by atoms with Gasteiger partial charge in [-0.25, -0.2) is 4.39 Å². The third-order valence-electron chi connectivity index (χ3n) is 6.44. The van der Waals surface area contributed by atoms with Crippen molar-refractivity contribution in [2.75, 3.05) is 5.32 Å². The number of nitrogens with two attached hydrogens (primary N) is 1. The fraction of sp³-hybridized carbons (Fsp3) is 0.222. The second kappa shape index (κ2) is 9.77. The van der Waals surface area contributed by atoms with Gasteiger partial charge in [-0.15, -0.1) is 12.4 Å². The van der Waals surface area contributed by atoms with Gasteiger partial charge in [0.05, 0.1) is 0 Å². The van der Waals surface area contributed by atoms with Crippen LogP contribution >= 0.6 is 12.4 Å². The van der Waals surface area contributed by atoms with Gasteiger partial charge in [-0.1, -0.05) is 30.3 Å².